The monoisotopic (exact) mass is 411 g/mol. The standard InChI is InChI=1S/C20H17N3O3S2/c1-11(24)21-13-3-5-14(6-4-13)23-18(25)10-26-16-9-17-19(22-12(2)28-17)20-15(16)7-8-27-20/h3-9H,10H2,1-2H3,(H,21,24)(H,23,25). The second-order valence-corrected chi connectivity index (χ2v) is 8.36. The Kier molecular flexibility index (Phi) is 4.97. The van der Waals surface area contributed by atoms with Crippen molar-refractivity contribution in [2.24, 2.45) is 0 Å². The molecule has 4 rings (SSSR count). The summed E-state index contributed by atoms with van der Waals surface area (Å²) in [5.74, 6) is 0.290. The maximum Gasteiger partial charge on any atom is 0.262 e. The van der Waals surface area contributed by atoms with Gasteiger partial charge in [-0.1, -0.05) is 0 Å². The van der Waals surface area contributed by atoms with Gasteiger partial charge in [0.05, 0.1) is 19.9 Å². The van der Waals surface area contributed by atoms with Crippen molar-refractivity contribution in [2.45, 2.75) is 13.8 Å². The van der Waals surface area contributed by atoms with Crippen LogP contribution < -0.4 is 15.4 Å². The number of ether oxygens (including phenoxy) is 1. The highest BCUT2D eigenvalue weighted by atomic mass is 32.1. The summed E-state index contributed by atoms with van der Waals surface area (Å²) >= 11 is 3.23. The van der Waals surface area contributed by atoms with Gasteiger partial charge in [0.2, 0.25) is 5.91 Å². The van der Waals surface area contributed by atoms with E-state index in [4.69, 9.17) is 4.74 Å². The fourth-order valence-corrected chi connectivity index (χ4v) is 4.72. The van der Waals surface area contributed by atoms with E-state index in [0.29, 0.717) is 17.1 Å². The molecule has 0 fully saturated rings. The zero-order valence-corrected chi connectivity index (χ0v) is 16.9. The largest absolute Gasteiger partial charge is 0.483 e. The van der Waals surface area contributed by atoms with E-state index >= 15 is 0 Å². The molecule has 0 aliphatic carbocycles. The van der Waals surface area contributed by atoms with Crippen molar-refractivity contribution < 1.29 is 14.3 Å². The first-order valence-corrected chi connectivity index (χ1v) is 10.3. The fraction of sp³-hybridized carbons (Fsp3) is 0.150. The fourth-order valence-electron chi connectivity index (χ4n) is 2.89. The molecule has 4 aromatic rings. The molecule has 8 heteroatoms. The third kappa shape index (κ3) is 3.83. The molecule has 2 aromatic heterocycles. The number of thiazole rings is 1. The van der Waals surface area contributed by atoms with Crippen LogP contribution in [0.3, 0.4) is 0 Å². The molecule has 2 heterocycles. The van der Waals surface area contributed by atoms with Crippen LogP contribution in [0.5, 0.6) is 5.75 Å². The van der Waals surface area contributed by atoms with Gasteiger partial charge in [-0.15, -0.1) is 22.7 Å². The quantitative estimate of drug-likeness (QED) is 0.495. The minimum absolute atomic E-state index is 0.0955. The van der Waals surface area contributed by atoms with Gasteiger partial charge in [0, 0.05) is 29.8 Å². The van der Waals surface area contributed by atoms with Crippen molar-refractivity contribution in [3.63, 3.8) is 0 Å². The Morgan fingerprint density at radius 2 is 1.82 bits per heavy atom. The number of aryl methyl sites for hydroxylation is 1. The van der Waals surface area contributed by atoms with E-state index in [0.717, 1.165) is 25.3 Å². The Labute approximate surface area is 169 Å². The van der Waals surface area contributed by atoms with Gasteiger partial charge in [0.15, 0.2) is 6.61 Å². The lowest BCUT2D eigenvalue weighted by atomic mass is 10.2. The van der Waals surface area contributed by atoms with Crippen LogP contribution in [0.4, 0.5) is 11.4 Å². The topological polar surface area (TPSA) is 80.3 Å². The van der Waals surface area contributed by atoms with Crippen LogP contribution in [0.25, 0.3) is 20.3 Å². The summed E-state index contributed by atoms with van der Waals surface area (Å²) in [4.78, 5) is 27.9. The van der Waals surface area contributed by atoms with E-state index in [9.17, 15) is 9.59 Å². The Morgan fingerprint density at radius 3 is 2.54 bits per heavy atom. The summed E-state index contributed by atoms with van der Waals surface area (Å²) in [6, 6.07) is 10.9. The summed E-state index contributed by atoms with van der Waals surface area (Å²) in [5.41, 5.74) is 2.30. The average molecular weight is 412 g/mol. The van der Waals surface area contributed by atoms with Gasteiger partial charge in [0.25, 0.3) is 5.91 Å². The molecular weight excluding hydrogens is 394 g/mol. The second kappa shape index (κ2) is 7.57. The summed E-state index contributed by atoms with van der Waals surface area (Å²) in [6.07, 6.45) is 0. The molecule has 28 heavy (non-hydrogen) atoms. The van der Waals surface area contributed by atoms with Crippen molar-refractivity contribution in [1.82, 2.24) is 4.98 Å². The molecule has 0 saturated heterocycles. The van der Waals surface area contributed by atoms with E-state index in [-0.39, 0.29) is 18.4 Å². The van der Waals surface area contributed by atoms with Crippen LogP contribution in [0.15, 0.2) is 41.8 Å². The Hall–Kier alpha value is -2.97. The lowest BCUT2D eigenvalue weighted by Crippen LogP contribution is -2.20. The Morgan fingerprint density at radius 1 is 1.11 bits per heavy atom. The first-order chi connectivity index (χ1) is 13.5. The number of anilines is 2. The third-order valence-electron chi connectivity index (χ3n) is 4.02. The van der Waals surface area contributed by atoms with Crippen molar-refractivity contribution in [1.29, 1.82) is 0 Å². The number of fused-ring (bicyclic) bond motifs is 3. The van der Waals surface area contributed by atoms with Crippen molar-refractivity contribution in [2.75, 3.05) is 17.2 Å². The van der Waals surface area contributed by atoms with Crippen molar-refractivity contribution in [3.8, 4) is 5.75 Å². The number of aromatic nitrogens is 1. The highest BCUT2D eigenvalue weighted by Crippen LogP contribution is 2.38. The molecule has 0 unspecified atom stereocenters. The highest BCUT2D eigenvalue weighted by Gasteiger charge is 2.13. The molecule has 0 spiro atoms. The molecule has 2 N–H and O–H groups in total. The van der Waals surface area contributed by atoms with Gasteiger partial charge in [-0.05, 0) is 42.6 Å². The maximum atomic E-state index is 12.3. The highest BCUT2D eigenvalue weighted by molar-refractivity contribution is 7.21. The molecule has 0 aliphatic heterocycles. The van der Waals surface area contributed by atoms with Gasteiger partial charge >= 0.3 is 0 Å². The van der Waals surface area contributed by atoms with Gasteiger partial charge in [-0.3, -0.25) is 9.59 Å². The third-order valence-corrected chi connectivity index (χ3v) is 5.85. The van der Waals surface area contributed by atoms with E-state index in [2.05, 4.69) is 15.6 Å². The normalized spacial score (nSPS) is 10.9. The molecule has 0 bridgehead atoms. The van der Waals surface area contributed by atoms with Crippen LogP contribution in [0.2, 0.25) is 0 Å². The number of benzene rings is 2. The van der Waals surface area contributed by atoms with Crippen molar-refractivity contribution in [3.05, 3.63) is 46.8 Å². The molecule has 0 aliphatic rings. The minimum Gasteiger partial charge on any atom is -0.483 e. The number of amides is 2. The van der Waals surface area contributed by atoms with E-state index in [1.54, 1.807) is 46.9 Å². The van der Waals surface area contributed by atoms with Crippen LogP contribution in [-0.4, -0.2) is 23.4 Å². The number of carbonyl (C=O) groups is 2. The summed E-state index contributed by atoms with van der Waals surface area (Å²) < 4.78 is 7.95. The summed E-state index contributed by atoms with van der Waals surface area (Å²) in [6.45, 7) is 3.33. The SMILES string of the molecule is CC(=O)Nc1ccc(NC(=O)COc2cc3sc(C)nc3c3sccc23)cc1. The van der Waals surface area contributed by atoms with Gasteiger partial charge < -0.3 is 15.4 Å². The number of carbonyl (C=O) groups excluding carboxylic acids is 2. The van der Waals surface area contributed by atoms with Gasteiger partial charge in [-0.2, -0.15) is 0 Å². The Balaban J connectivity index is 1.45. The van der Waals surface area contributed by atoms with E-state index in [1.165, 1.54) is 6.92 Å². The van der Waals surface area contributed by atoms with E-state index in [1.807, 2.05) is 24.4 Å². The van der Waals surface area contributed by atoms with Crippen LogP contribution in [-0.2, 0) is 9.59 Å². The number of nitrogens with zero attached hydrogens (tertiary/aromatic N) is 1. The molecule has 0 saturated carbocycles. The second-order valence-electron chi connectivity index (χ2n) is 6.21. The van der Waals surface area contributed by atoms with Gasteiger partial charge in [-0.25, -0.2) is 4.98 Å². The first kappa shape index (κ1) is 18.4. The zero-order valence-electron chi connectivity index (χ0n) is 15.2. The molecular formula is C20H17N3O3S2. The predicted molar refractivity (Wildman–Crippen MR) is 115 cm³/mol. The molecule has 0 atom stereocenters. The number of rotatable bonds is 5. The number of thiophene rings is 1. The number of hydrogen-bond acceptors (Lipinski definition) is 6. The van der Waals surface area contributed by atoms with Gasteiger partial charge in [0.1, 0.15) is 5.75 Å². The smallest absolute Gasteiger partial charge is 0.262 e. The molecule has 0 radical (unpaired) electrons. The Bertz CT molecular complexity index is 1180. The predicted octanol–water partition coefficient (Wildman–Crippen LogP) is 4.80. The molecule has 142 valence electrons. The molecule has 2 aromatic carbocycles. The summed E-state index contributed by atoms with van der Waals surface area (Å²) in [5, 5.41) is 9.45. The van der Waals surface area contributed by atoms with Crippen LogP contribution in [0, 0.1) is 6.92 Å². The van der Waals surface area contributed by atoms with E-state index < -0.39 is 0 Å². The molecule has 6 nitrogen and oxygen atoms in total. The van der Waals surface area contributed by atoms with Crippen molar-refractivity contribution >= 4 is 66.2 Å². The minimum atomic E-state index is -0.253. The van der Waals surface area contributed by atoms with Crippen LogP contribution in [0.1, 0.15) is 11.9 Å². The maximum absolute atomic E-state index is 12.3. The average Bonchev–Trinajstić information content (AvgIpc) is 3.26. The lowest BCUT2D eigenvalue weighted by Gasteiger charge is -2.09. The first-order valence-electron chi connectivity index (χ1n) is 8.57. The summed E-state index contributed by atoms with van der Waals surface area (Å²) in [7, 11) is 0. The number of hydrogen-bond donors (Lipinski definition) is 2. The molecule has 2 amide bonds. The van der Waals surface area contributed by atoms with Crippen LogP contribution >= 0.6 is 22.7 Å². The number of nitrogens with one attached hydrogen (secondary N) is 2. The lowest BCUT2D eigenvalue weighted by molar-refractivity contribution is -0.118. The zero-order chi connectivity index (χ0) is 19.7.